The van der Waals surface area contributed by atoms with Gasteiger partial charge in [-0.15, -0.1) is 0 Å². The van der Waals surface area contributed by atoms with Crippen LogP contribution in [0.5, 0.6) is 5.75 Å². The Balaban J connectivity index is 2.23. The summed E-state index contributed by atoms with van der Waals surface area (Å²) >= 11 is 0. The molecule has 154 valence electrons. The average Bonchev–Trinajstić information content (AvgIpc) is 2.64. The van der Waals surface area contributed by atoms with Crippen molar-refractivity contribution >= 4 is 17.2 Å². The van der Waals surface area contributed by atoms with Crippen LogP contribution in [0.25, 0.3) is 5.57 Å². The standard InChI is InChI=1S/C20H17F4NO4/c1-10-14-5-3-12(20(22,23)24)8-15(14)25(18(29-2)17(10)19(27)28)9-11-7-13(21)4-6-16(11)26/h3-8,18,26H,9H2,1-2H3,(H,27,28). The number of methoxy groups -OCH3 is 1. The van der Waals surface area contributed by atoms with E-state index in [9.17, 15) is 32.6 Å². The van der Waals surface area contributed by atoms with Gasteiger partial charge in [0, 0.05) is 30.5 Å². The van der Waals surface area contributed by atoms with E-state index in [1.807, 2.05) is 0 Å². The Morgan fingerprint density at radius 3 is 2.48 bits per heavy atom. The van der Waals surface area contributed by atoms with Gasteiger partial charge in [0.1, 0.15) is 11.6 Å². The number of phenols is 1. The van der Waals surface area contributed by atoms with Crippen molar-refractivity contribution in [3.63, 3.8) is 0 Å². The lowest BCUT2D eigenvalue weighted by atomic mass is 9.91. The molecule has 3 rings (SSSR count). The van der Waals surface area contributed by atoms with Gasteiger partial charge in [0.05, 0.1) is 11.1 Å². The lowest BCUT2D eigenvalue weighted by Gasteiger charge is -2.39. The number of carbonyl (C=O) groups is 1. The molecule has 1 atom stereocenters. The summed E-state index contributed by atoms with van der Waals surface area (Å²) < 4.78 is 58.7. The number of rotatable bonds is 4. The molecule has 0 amide bonds. The van der Waals surface area contributed by atoms with Crippen LogP contribution in [0.1, 0.15) is 23.6 Å². The Bertz CT molecular complexity index is 1000. The summed E-state index contributed by atoms with van der Waals surface area (Å²) in [5, 5.41) is 19.7. The molecule has 2 aromatic carbocycles. The van der Waals surface area contributed by atoms with E-state index in [2.05, 4.69) is 0 Å². The van der Waals surface area contributed by atoms with Gasteiger partial charge in [-0.3, -0.25) is 0 Å². The van der Waals surface area contributed by atoms with Crippen molar-refractivity contribution in [2.75, 3.05) is 12.0 Å². The molecule has 0 radical (unpaired) electrons. The molecule has 0 bridgehead atoms. The smallest absolute Gasteiger partial charge is 0.416 e. The molecule has 1 unspecified atom stereocenters. The quantitative estimate of drug-likeness (QED) is 0.730. The summed E-state index contributed by atoms with van der Waals surface area (Å²) in [6.07, 6.45) is -5.86. The van der Waals surface area contributed by atoms with Crippen molar-refractivity contribution in [3.8, 4) is 5.75 Å². The van der Waals surface area contributed by atoms with Crippen LogP contribution in [0.4, 0.5) is 23.2 Å². The van der Waals surface area contributed by atoms with Crippen LogP contribution >= 0.6 is 0 Å². The molecule has 9 heteroatoms. The predicted molar refractivity (Wildman–Crippen MR) is 96.7 cm³/mol. The Labute approximate surface area is 163 Å². The highest BCUT2D eigenvalue weighted by atomic mass is 19.4. The Morgan fingerprint density at radius 1 is 1.21 bits per heavy atom. The first-order valence-corrected chi connectivity index (χ1v) is 8.47. The maximum Gasteiger partial charge on any atom is 0.416 e. The van der Waals surface area contributed by atoms with Gasteiger partial charge in [-0.2, -0.15) is 13.2 Å². The number of carboxylic acids is 1. The number of aromatic hydroxyl groups is 1. The number of hydrogen-bond acceptors (Lipinski definition) is 4. The van der Waals surface area contributed by atoms with Crippen molar-refractivity contribution < 1.29 is 37.3 Å². The van der Waals surface area contributed by atoms with E-state index in [1.54, 1.807) is 0 Å². The van der Waals surface area contributed by atoms with Crippen molar-refractivity contribution in [2.24, 2.45) is 0 Å². The van der Waals surface area contributed by atoms with Gasteiger partial charge in [-0.05, 0) is 42.8 Å². The average molecular weight is 411 g/mol. The number of allylic oxidation sites excluding steroid dienone is 1. The fourth-order valence-corrected chi connectivity index (χ4v) is 3.42. The number of phenolic OH excluding ortho intramolecular Hbond substituents is 1. The summed E-state index contributed by atoms with van der Waals surface area (Å²) in [5.41, 5.74) is -0.410. The third-order valence-corrected chi connectivity index (χ3v) is 4.81. The normalized spacial score (nSPS) is 16.8. The van der Waals surface area contributed by atoms with Gasteiger partial charge >= 0.3 is 12.1 Å². The molecule has 2 aromatic rings. The van der Waals surface area contributed by atoms with Crippen molar-refractivity contribution in [1.82, 2.24) is 0 Å². The number of nitrogens with zero attached hydrogens (tertiary/aromatic N) is 1. The molecule has 1 aliphatic heterocycles. The van der Waals surface area contributed by atoms with Crippen LogP contribution in [-0.4, -0.2) is 29.5 Å². The molecule has 29 heavy (non-hydrogen) atoms. The number of ether oxygens (including phenoxy) is 1. The Hall–Kier alpha value is -3.07. The summed E-state index contributed by atoms with van der Waals surface area (Å²) in [6.45, 7) is 1.21. The molecule has 5 nitrogen and oxygen atoms in total. The van der Waals surface area contributed by atoms with Gasteiger partial charge in [-0.25, -0.2) is 9.18 Å². The fraction of sp³-hybridized carbons (Fsp3) is 0.250. The predicted octanol–water partition coefficient (Wildman–Crippen LogP) is 4.40. The van der Waals surface area contributed by atoms with Crippen molar-refractivity contribution in [2.45, 2.75) is 25.9 Å². The molecule has 1 heterocycles. The van der Waals surface area contributed by atoms with Crippen LogP contribution in [-0.2, 0) is 22.3 Å². The highest BCUT2D eigenvalue weighted by Crippen LogP contribution is 2.43. The SMILES string of the molecule is COC1C(C(=O)O)=C(C)c2ccc(C(F)(F)F)cc2N1Cc1cc(F)ccc1O. The first-order chi connectivity index (χ1) is 13.5. The summed E-state index contributed by atoms with van der Waals surface area (Å²) in [4.78, 5) is 13.1. The number of anilines is 1. The topological polar surface area (TPSA) is 70.0 Å². The first kappa shape index (κ1) is 20.7. The van der Waals surface area contributed by atoms with E-state index in [0.717, 1.165) is 30.3 Å². The fourth-order valence-electron chi connectivity index (χ4n) is 3.42. The second-order valence-corrected chi connectivity index (χ2v) is 6.56. The number of alkyl halides is 3. The number of fused-ring (bicyclic) bond motifs is 1. The van der Waals surface area contributed by atoms with Gasteiger partial charge in [0.25, 0.3) is 0 Å². The van der Waals surface area contributed by atoms with Crippen LogP contribution in [0.2, 0.25) is 0 Å². The second kappa shape index (κ2) is 7.40. The minimum absolute atomic E-state index is 0.0674. The van der Waals surface area contributed by atoms with Crippen LogP contribution in [0, 0.1) is 5.82 Å². The maximum absolute atomic E-state index is 13.7. The highest BCUT2D eigenvalue weighted by Gasteiger charge is 2.38. The van der Waals surface area contributed by atoms with E-state index in [4.69, 9.17) is 4.74 Å². The molecule has 0 fully saturated rings. The molecular weight excluding hydrogens is 394 g/mol. The minimum Gasteiger partial charge on any atom is -0.508 e. The van der Waals surface area contributed by atoms with Gasteiger partial charge in [0.2, 0.25) is 0 Å². The van der Waals surface area contributed by atoms with Crippen LogP contribution in [0.3, 0.4) is 0 Å². The summed E-state index contributed by atoms with van der Waals surface area (Å²) in [6, 6.07) is 6.13. The third-order valence-electron chi connectivity index (χ3n) is 4.81. The van der Waals surface area contributed by atoms with E-state index < -0.39 is 29.8 Å². The molecule has 0 aromatic heterocycles. The van der Waals surface area contributed by atoms with Crippen molar-refractivity contribution in [3.05, 3.63) is 64.5 Å². The molecular formula is C20H17F4NO4. The third kappa shape index (κ3) is 3.77. The van der Waals surface area contributed by atoms with Crippen molar-refractivity contribution in [1.29, 1.82) is 0 Å². The van der Waals surface area contributed by atoms with E-state index in [-0.39, 0.29) is 40.3 Å². The molecule has 2 N–H and O–H groups in total. The van der Waals surface area contributed by atoms with E-state index in [1.165, 1.54) is 25.0 Å². The van der Waals surface area contributed by atoms with Gasteiger partial charge < -0.3 is 19.8 Å². The zero-order valence-electron chi connectivity index (χ0n) is 15.4. The van der Waals surface area contributed by atoms with E-state index in [0.29, 0.717) is 0 Å². The lowest BCUT2D eigenvalue weighted by Crippen LogP contribution is -2.43. The van der Waals surface area contributed by atoms with Gasteiger partial charge in [0.15, 0.2) is 6.23 Å². The molecule has 0 aliphatic carbocycles. The molecule has 0 spiro atoms. The lowest BCUT2D eigenvalue weighted by molar-refractivity contribution is -0.137. The molecule has 1 aliphatic rings. The summed E-state index contributed by atoms with van der Waals surface area (Å²) in [7, 11) is 1.22. The monoisotopic (exact) mass is 411 g/mol. The zero-order valence-corrected chi connectivity index (χ0v) is 15.4. The van der Waals surface area contributed by atoms with Crippen LogP contribution in [0.15, 0.2) is 42.0 Å². The van der Waals surface area contributed by atoms with E-state index >= 15 is 0 Å². The Morgan fingerprint density at radius 2 is 1.90 bits per heavy atom. The number of carboxylic acid groups (broad SMARTS) is 1. The molecule has 0 saturated heterocycles. The van der Waals surface area contributed by atoms with Crippen LogP contribution < -0.4 is 4.90 Å². The Kier molecular flexibility index (Phi) is 5.27. The number of halogens is 4. The first-order valence-electron chi connectivity index (χ1n) is 8.47. The zero-order chi connectivity index (χ0) is 21.5. The minimum atomic E-state index is -4.62. The second-order valence-electron chi connectivity index (χ2n) is 6.56. The largest absolute Gasteiger partial charge is 0.508 e. The number of benzene rings is 2. The molecule has 0 saturated carbocycles. The summed E-state index contributed by atoms with van der Waals surface area (Å²) in [5.74, 6) is -2.23. The number of aliphatic carboxylic acids is 1. The number of hydrogen-bond donors (Lipinski definition) is 2. The maximum atomic E-state index is 13.7. The van der Waals surface area contributed by atoms with Gasteiger partial charge in [-0.1, -0.05) is 6.07 Å². The highest BCUT2D eigenvalue weighted by molar-refractivity contribution is 6.01.